The SMILES string of the molecule is COc1ccc(S(=O)(=O)Nc2nncs2)cc1N. The van der Waals surface area contributed by atoms with Crippen molar-refractivity contribution in [1.29, 1.82) is 0 Å². The van der Waals surface area contributed by atoms with Crippen LogP contribution in [0.25, 0.3) is 0 Å². The van der Waals surface area contributed by atoms with Crippen LogP contribution in [0.2, 0.25) is 0 Å². The zero-order valence-electron chi connectivity index (χ0n) is 9.32. The van der Waals surface area contributed by atoms with Crippen molar-refractivity contribution in [1.82, 2.24) is 10.2 Å². The number of anilines is 2. The minimum atomic E-state index is -3.71. The minimum absolute atomic E-state index is 0.0380. The summed E-state index contributed by atoms with van der Waals surface area (Å²) in [5.74, 6) is 0.421. The molecule has 9 heteroatoms. The van der Waals surface area contributed by atoms with Crippen LogP contribution in [0.1, 0.15) is 0 Å². The van der Waals surface area contributed by atoms with Crippen LogP contribution in [0.15, 0.2) is 28.6 Å². The number of sulfonamides is 1. The van der Waals surface area contributed by atoms with Crippen LogP contribution in [0.3, 0.4) is 0 Å². The number of hydrogen-bond donors (Lipinski definition) is 2. The van der Waals surface area contributed by atoms with Gasteiger partial charge in [0.25, 0.3) is 10.0 Å². The van der Waals surface area contributed by atoms with Gasteiger partial charge >= 0.3 is 0 Å². The molecule has 0 amide bonds. The summed E-state index contributed by atoms with van der Waals surface area (Å²) in [5.41, 5.74) is 7.34. The van der Waals surface area contributed by atoms with E-state index in [9.17, 15) is 8.42 Å². The molecule has 3 N–H and O–H groups in total. The summed E-state index contributed by atoms with van der Waals surface area (Å²) >= 11 is 1.09. The molecule has 0 bridgehead atoms. The van der Waals surface area contributed by atoms with Gasteiger partial charge in [0.15, 0.2) is 0 Å². The Balaban J connectivity index is 2.33. The van der Waals surface area contributed by atoms with Gasteiger partial charge in [-0.1, -0.05) is 11.3 Å². The summed E-state index contributed by atoms with van der Waals surface area (Å²) in [5, 5.41) is 7.35. The lowest BCUT2D eigenvalue weighted by Gasteiger charge is -2.08. The molecule has 0 fully saturated rings. The van der Waals surface area contributed by atoms with Gasteiger partial charge in [-0.25, -0.2) is 8.42 Å². The number of ether oxygens (including phenoxy) is 1. The predicted molar refractivity (Wildman–Crippen MR) is 68.1 cm³/mol. The summed E-state index contributed by atoms with van der Waals surface area (Å²) < 4.78 is 31.2. The van der Waals surface area contributed by atoms with E-state index in [-0.39, 0.29) is 15.7 Å². The number of nitrogens with one attached hydrogen (secondary N) is 1. The van der Waals surface area contributed by atoms with E-state index < -0.39 is 10.0 Å². The van der Waals surface area contributed by atoms with E-state index in [4.69, 9.17) is 10.5 Å². The fourth-order valence-corrected chi connectivity index (χ4v) is 3.00. The maximum absolute atomic E-state index is 12.0. The average molecular weight is 286 g/mol. The fraction of sp³-hybridized carbons (Fsp3) is 0.111. The summed E-state index contributed by atoms with van der Waals surface area (Å²) in [4.78, 5) is 0.0380. The maximum atomic E-state index is 12.0. The molecule has 0 spiro atoms. The van der Waals surface area contributed by atoms with Gasteiger partial charge in [-0.2, -0.15) is 0 Å². The molecule has 7 nitrogen and oxygen atoms in total. The highest BCUT2D eigenvalue weighted by Gasteiger charge is 2.17. The van der Waals surface area contributed by atoms with Crippen LogP contribution in [0.5, 0.6) is 5.75 Å². The van der Waals surface area contributed by atoms with E-state index >= 15 is 0 Å². The Morgan fingerprint density at radius 2 is 2.22 bits per heavy atom. The van der Waals surface area contributed by atoms with Gasteiger partial charge in [-0.3, -0.25) is 4.72 Å². The molecule has 2 rings (SSSR count). The first kappa shape index (κ1) is 12.6. The highest BCUT2D eigenvalue weighted by molar-refractivity contribution is 7.93. The van der Waals surface area contributed by atoms with E-state index in [2.05, 4.69) is 14.9 Å². The summed E-state index contributed by atoms with van der Waals surface area (Å²) in [6.07, 6.45) is 0. The lowest BCUT2D eigenvalue weighted by molar-refractivity contribution is 0.416. The number of benzene rings is 1. The van der Waals surface area contributed by atoms with Crippen molar-refractivity contribution >= 4 is 32.2 Å². The molecule has 0 aliphatic rings. The number of methoxy groups -OCH3 is 1. The molecule has 0 aliphatic heterocycles. The number of hydrogen-bond acceptors (Lipinski definition) is 7. The van der Waals surface area contributed by atoms with Gasteiger partial charge in [-0.05, 0) is 18.2 Å². The van der Waals surface area contributed by atoms with E-state index in [0.717, 1.165) is 11.3 Å². The summed E-state index contributed by atoms with van der Waals surface area (Å²) in [7, 11) is -2.25. The Labute approximate surface area is 108 Å². The Bertz CT molecular complexity index is 640. The summed E-state index contributed by atoms with van der Waals surface area (Å²) in [6.45, 7) is 0. The Morgan fingerprint density at radius 3 is 2.78 bits per heavy atom. The first-order chi connectivity index (χ1) is 8.53. The third-order valence-corrected chi connectivity index (χ3v) is 4.17. The molecule has 0 unspecified atom stereocenters. The Morgan fingerprint density at radius 1 is 1.44 bits per heavy atom. The third-order valence-electron chi connectivity index (χ3n) is 2.09. The smallest absolute Gasteiger partial charge is 0.263 e. The zero-order valence-corrected chi connectivity index (χ0v) is 11.0. The van der Waals surface area contributed by atoms with Crippen molar-refractivity contribution in [2.45, 2.75) is 4.90 Å². The summed E-state index contributed by atoms with van der Waals surface area (Å²) in [6, 6.07) is 4.21. The van der Waals surface area contributed by atoms with Crippen molar-refractivity contribution in [3.05, 3.63) is 23.7 Å². The molecule has 0 saturated heterocycles. The van der Waals surface area contributed by atoms with Crippen molar-refractivity contribution in [3.63, 3.8) is 0 Å². The number of rotatable bonds is 4. The lowest BCUT2D eigenvalue weighted by Crippen LogP contribution is -2.13. The lowest BCUT2D eigenvalue weighted by atomic mass is 10.3. The second-order valence-electron chi connectivity index (χ2n) is 3.25. The van der Waals surface area contributed by atoms with Gasteiger partial charge in [0.05, 0.1) is 17.7 Å². The standard InChI is InChI=1S/C9H10N4O3S2/c1-16-8-3-2-6(4-7(8)10)18(14,15)13-9-12-11-5-17-9/h2-5H,10H2,1H3,(H,12,13). The van der Waals surface area contributed by atoms with Crippen LogP contribution in [-0.4, -0.2) is 25.7 Å². The number of nitrogens with two attached hydrogens (primary N) is 1. The number of aromatic nitrogens is 2. The predicted octanol–water partition coefficient (Wildman–Crippen LogP) is 0.930. The second-order valence-corrected chi connectivity index (χ2v) is 5.77. The third kappa shape index (κ3) is 2.51. The van der Waals surface area contributed by atoms with E-state index in [1.54, 1.807) is 0 Å². The van der Waals surface area contributed by atoms with Gasteiger partial charge in [0.2, 0.25) is 5.13 Å². The highest BCUT2D eigenvalue weighted by atomic mass is 32.2. The molecule has 1 heterocycles. The molecule has 2 aromatic rings. The molecule has 0 saturated carbocycles. The fourth-order valence-electron chi connectivity index (χ4n) is 1.27. The normalized spacial score (nSPS) is 11.2. The van der Waals surface area contributed by atoms with Crippen LogP contribution < -0.4 is 15.2 Å². The van der Waals surface area contributed by atoms with Crippen LogP contribution >= 0.6 is 11.3 Å². The molecule has 96 valence electrons. The van der Waals surface area contributed by atoms with Crippen molar-refractivity contribution < 1.29 is 13.2 Å². The number of nitrogen functional groups attached to an aromatic ring is 1. The molecule has 1 aromatic heterocycles. The average Bonchev–Trinajstić information content (AvgIpc) is 2.81. The highest BCUT2D eigenvalue weighted by Crippen LogP contribution is 2.25. The zero-order chi connectivity index (χ0) is 13.2. The quantitative estimate of drug-likeness (QED) is 0.810. The van der Waals surface area contributed by atoms with E-state index in [1.165, 1.54) is 30.8 Å². The van der Waals surface area contributed by atoms with Crippen LogP contribution in [-0.2, 0) is 10.0 Å². The molecule has 0 atom stereocenters. The molecule has 0 radical (unpaired) electrons. The molecular formula is C9H10N4O3S2. The van der Waals surface area contributed by atoms with Crippen molar-refractivity contribution in [2.24, 2.45) is 0 Å². The van der Waals surface area contributed by atoms with Crippen molar-refractivity contribution in [2.75, 3.05) is 17.6 Å². The molecule has 0 aliphatic carbocycles. The van der Waals surface area contributed by atoms with Crippen molar-refractivity contribution in [3.8, 4) is 5.75 Å². The molecule has 18 heavy (non-hydrogen) atoms. The Kier molecular flexibility index (Phi) is 3.34. The minimum Gasteiger partial charge on any atom is -0.495 e. The first-order valence-electron chi connectivity index (χ1n) is 4.75. The monoisotopic (exact) mass is 286 g/mol. The van der Waals surface area contributed by atoms with E-state index in [1.807, 2.05) is 0 Å². The van der Waals surface area contributed by atoms with E-state index in [0.29, 0.717) is 5.75 Å². The van der Waals surface area contributed by atoms with Gasteiger partial charge in [-0.15, -0.1) is 10.2 Å². The molecule has 1 aromatic carbocycles. The first-order valence-corrected chi connectivity index (χ1v) is 7.12. The van der Waals surface area contributed by atoms with Crippen LogP contribution in [0.4, 0.5) is 10.8 Å². The largest absolute Gasteiger partial charge is 0.495 e. The van der Waals surface area contributed by atoms with Gasteiger partial charge in [0, 0.05) is 0 Å². The van der Waals surface area contributed by atoms with Gasteiger partial charge in [0.1, 0.15) is 11.3 Å². The number of nitrogens with zero attached hydrogens (tertiary/aromatic N) is 2. The Hall–Kier alpha value is -1.87. The van der Waals surface area contributed by atoms with Gasteiger partial charge < -0.3 is 10.5 Å². The topological polar surface area (TPSA) is 107 Å². The maximum Gasteiger partial charge on any atom is 0.263 e. The second kappa shape index (κ2) is 4.78. The molecular weight excluding hydrogens is 276 g/mol. The van der Waals surface area contributed by atoms with Crippen LogP contribution in [0, 0.1) is 0 Å².